The molecule has 0 saturated heterocycles. The third-order valence-corrected chi connectivity index (χ3v) is 5.09. The van der Waals surface area contributed by atoms with Crippen molar-refractivity contribution in [2.24, 2.45) is 16.8 Å². The highest BCUT2D eigenvalue weighted by Gasteiger charge is 2.39. The number of fused-ring (bicyclic) bond motifs is 3. The molecule has 100 valence electrons. The van der Waals surface area contributed by atoms with Gasteiger partial charge in [-0.1, -0.05) is 6.42 Å². The number of hydrogen-bond donors (Lipinski definition) is 0. The van der Waals surface area contributed by atoms with Crippen molar-refractivity contribution in [3.05, 3.63) is 23.0 Å². The molecule has 3 heterocycles. The molecule has 3 aliphatic heterocycles. The lowest BCUT2D eigenvalue weighted by Gasteiger charge is -2.42. The zero-order valence-corrected chi connectivity index (χ0v) is 11.3. The molecule has 2 unspecified atom stereocenters. The second kappa shape index (κ2) is 4.32. The van der Waals surface area contributed by atoms with E-state index in [0.717, 1.165) is 31.0 Å². The molecule has 0 N–H and O–H groups in total. The largest absolute Gasteiger partial charge is 0.312 e. The van der Waals surface area contributed by atoms with Crippen molar-refractivity contribution in [2.45, 2.75) is 44.9 Å². The molecule has 3 nitrogen and oxygen atoms in total. The van der Waals surface area contributed by atoms with Crippen LogP contribution in [0.2, 0.25) is 0 Å². The molecule has 0 bridgehead atoms. The molecule has 4 rings (SSSR count). The smallest absolute Gasteiger partial charge is 0.236 e. The molecule has 1 fully saturated rings. The Balaban J connectivity index is 1.83. The summed E-state index contributed by atoms with van der Waals surface area (Å²) in [6.07, 6.45) is 12.4. The van der Waals surface area contributed by atoms with Gasteiger partial charge in [0.1, 0.15) is 0 Å². The average Bonchev–Trinajstić information content (AvgIpc) is 2.47. The average molecular weight is 256 g/mol. The van der Waals surface area contributed by atoms with Crippen molar-refractivity contribution in [2.75, 3.05) is 6.54 Å². The van der Waals surface area contributed by atoms with Crippen LogP contribution in [0.4, 0.5) is 0 Å². The van der Waals surface area contributed by atoms with Gasteiger partial charge in [-0.15, -0.1) is 0 Å². The first-order valence-corrected chi connectivity index (χ1v) is 7.63. The second-order valence-electron chi connectivity index (χ2n) is 6.14. The first-order chi connectivity index (χ1) is 9.34. The lowest BCUT2D eigenvalue weighted by molar-refractivity contribution is -0.133. The molecule has 0 spiro atoms. The molecule has 19 heavy (non-hydrogen) atoms. The summed E-state index contributed by atoms with van der Waals surface area (Å²) in [5.74, 6) is 1.07. The van der Waals surface area contributed by atoms with Gasteiger partial charge >= 0.3 is 0 Å². The first-order valence-electron chi connectivity index (χ1n) is 7.63. The fourth-order valence-electron chi connectivity index (χ4n) is 4.08. The highest BCUT2D eigenvalue weighted by molar-refractivity contribution is 5.87. The summed E-state index contributed by atoms with van der Waals surface area (Å²) in [7, 11) is 0. The topological polar surface area (TPSA) is 32.7 Å². The van der Waals surface area contributed by atoms with Crippen LogP contribution in [-0.4, -0.2) is 23.6 Å². The molecule has 0 aromatic carbocycles. The third kappa shape index (κ3) is 1.71. The van der Waals surface area contributed by atoms with E-state index in [1.807, 2.05) is 6.21 Å². The highest BCUT2D eigenvalue weighted by Crippen LogP contribution is 2.43. The van der Waals surface area contributed by atoms with Gasteiger partial charge in [-0.25, -0.2) is 0 Å². The van der Waals surface area contributed by atoms with Crippen molar-refractivity contribution in [3.8, 4) is 0 Å². The van der Waals surface area contributed by atoms with Crippen LogP contribution in [-0.2, 0) is 4.79 Å². The molecule has 4 aliphatic rings. The number of allylic oxidation sites excluding steroid dienone is 2. The van der Waals surface area contributed by atoms with Gasteiger partial charge in [0.05, 0.1) is 11.6 Å². The van der Waals surface area contributed by atoms with Crippen LogP contribution in [0.3, 0.4) is 0 Å². The van der Waals surface area contributed by atoms with Gasteiger partial charge in [0.25, 0.3) is 0 Å². The quantitative estimate of drug-likeness (QED) is 0.655. The number of carbonyl (C=O) groups excluding carboxylic acids is 1. The molecule has 3 heteroatoms. The van der Waals surface area contributed by atoms with E-state index in [1.165, 1.54) is 43.4 Å². The van der Waals surface area contributed by atoms with Crippen molar-refractivity contribution in [1.82, 2.24) is 4.90 Å². The molecule has 0 aromatic heterocycles. The van der Waals surface area contributed by atoms with Crippen LogP contribution in [0.15, 0.2) is 28.0 Å². The number of hydrogen-bond acceptors (Lipinski definition) is 2. The molecule has 2 atom stereocenters. The van der Waals surface area contributed by atoms with Crippen molar-refractivity contribution in [1.29, 1.82) is 0 Å². The molecule has 1 aliphatic carbocycles. The standard InChI is InChI=1S/C16H20N2O/c19-16-13-6-3-8-17-14(13)10-15-12-5-2-1-4-11(12)7-9-18(15)16/h8,10-11,13H,1-7,9H2. The van der Waals surface area contributed by atoms with Crippen LogP contribution in [0, 0.1) is 11.8 Å². The molecular formula is C16H20N2O. The van der Waals surface area contributed by atoms with Crippen molar-refractivity contribution >= 4 is 12.1 Å². The van der Waals surface area contributed by atoms with E-state index in [9.17, 15) is 4.79 Å². The summed E-state index contributed by atoms with van der Waals surface area (Å²) in [4.78, 5) is 19.2. The summed E-state index contributed by atoms with van der Waals surface area (Å²) < 4.78 is 0. The maximum absolute atomic E-state index is 12.6. The number of aliphatic imine (C=N–C) groups is 1. The number of carbonyl (C=O) groups is 1. The van der Waals surface area contributed by atoms with Crippen molar-refractivity contribution in [3.63, 3.8) is 0 Å². The summed E-state index contributed by atoms with van der Waals surface area (Å²) in [5.41, 5.74) is 3.77. The third-order valence-electron chi connectivity index (χ3n) is 5.09. The Morgan fingerprint density at radius 2 is 2.16 bits per heavy atom. The van der Waals surface area contributed by atoms with Gasteiger partial charge in [-0.2, -0.15) is 0 Å². The molecule has 0 aromatic rings. The fourth-order valence-corrected chi connectivity index (χ4v) is 4.08. The summed E-state index contributed by atoms with van der Waals surface area (Å²) in [6.45, 7) is 0.923. The van der Waals surface area contributed by atoms with E-state index in [4.69, 9.17) is 0 Å². The Bertz CT molecular complexity index is 515. The number of rotatable bonds is 0. The van der Waals surface area contributed by atoms with Gasteiger partial charge in [0.15, 0.2) is 0 Å². The van der Waals surface area contributed by atoms with E-state index in [2.05, 4.69) is 16.0 Å². The minimum absolute atomic E-state index is 0.0366. The molecular weight excluding hydrogens is 236 g/mol. The van der Waals surface area contributed by atoms with Crippen molar-refractivity contribution < 1.29 is 4.79 Å². The van der Waals surface area contributed by atoms with Gasteiger partial charge in [-0.05, 0) is 56.1 Å². The lowest BCUT2D eigenvalue weighted by atomic mass is 9.77. The monoisotopic (exact) mass is 256 g/mol. The predicted octanol–water partition coefficient (Wildman–Crippen LogP) is 3.04. The Morgan fingerprint density at radius 1 is 1.21 bits per heavy atom. The van der Waals surface area contributed by atoms with Crippen LogP contribution >= 0.6 is 0 Å². The Labute approximate surface area is 114 Å². The second-order valence-corrected chi connectivity index (χ2v) is 6.14. The normalized spacial score (nSPS) is 33.6. The van der Waals surface area contributed by atoms with E-state index in [1.54, 1.807) is 0 Å². The maximum Gasteiger partial charge on any atom is 0.236 e. The van der Waals surface area contributed by atoms with Gasteiger partial charge in [0, 0.05) is 18.5 Å². The van der Waals surface area contributed by atoms with E-state index in [0.29, 0.717) is 5.91 Å². The minimum atomic E-state index is 0.0366. The Hall–Kier alpha value is -1.38. The van der Waals surface area contributed by atoms with Gasteiger partial charge in [-0.3, -0.25) is 9.79 Å². The summed E-state index contributed by atoms with van der Waals surface area (Å²) in [6, 6.07) is 0. The predicted molar refractivity (Wildman–Crippen MR) is 74.6 cm³/mol. The fraction of sp³-hybridized carbons (Fsp3) is 0.625. The summed E-state index contributed by atoms with van der Waals surface area (Å²) >= 11 is 0. The van der Waals surface area contributed by atoms with Gasteiger partial charge in [0.2, 0.25) is 5.91 Å². The number of amides is 1. The van der Waals surface area contributed by atoms with Crippen LogP contribution < -0.4 is 0 Å². The molecule has 1 saturated carbocycles. The van der Waals surface area contributed by atoms with Crippen LogP contribution in [0.25, 0.3) is 0 Å². The molecule has 1 amide bonds. The van der Waals surface area contributed by atoms with Crippen LogP contribution in [0.1, 0.15) is 44.9 Å². The zero-order valence-electron chi connectivity index (χ0n) is 11.3. The molecule has 0 radical (unpaired) electrons. The first kappa shape index (κ1) is 11.4. The van der Waals surface area contributed by atoms with E-state index < -0.39 is 0 Å². The zero-order chi connectivity index (χ0) is 12.8. The Kier molecular flexibility index (Phi) is 2.61. The number of nitrogens with zero attached hydrogens (tertiary/aromatic N) is 2. The highest BCUT2D eigenvalue weighted by atomic mass is 16.2. The lowest BCUT2D eigenvalue weighted by Crippen LogP contribution is -2.44. The van der Waals surface area contributed by atoms with Crippen LogP contribution in [0.5, 0.6) is 0 Å². The SMILES string of the molecule is O=C1C2CCC=NC2=CC2=C3CCCCC3CCN12. The van der Waals surface area contributed by atoms with E-state index >= 15 is 0 Å². The summed E-state index contributed by atoms with van der Waals surface area (Å²) in [5, 5.41) is 0. The Morgan fingerprint density at radius 3 is 3.11 bits per heavy atom. The van der Waals surface area contributed by atoms with Gasteiger partial charge < -0.3 is 4.90 Å². The maximum atomic E-state index is 12.6. The van der Waals surface area contributed by atoms with E-state index in [-0.39, 0.29) is 5.92 Å². The minimum Gasteiger partial charge on any atom is -0.312 e.